The van der Waals surface area contributed by atoms with Gasteiger partial charge in [0.1, 0.15) is 0 Å². The van der Waals surface area contributed by atoms with E-state index in [2.05, 4.69) is 0 Å². The van der Waals surface area contributed by atoms with Crippen LogP contribution < -0.4 is 0 Å². The minimum atomic E-state index is -0.410. The van der Waals surface area contributed by atoms with Gasteiger partial charge in [-0.05, 0) is 6.90 Å². The standard InChI is InChI=1S/C7H8/c1-7-5-3-2-4-6-7/h2-6H,1H3/i1D,2D,3D,4D,5D,6D. The minimum absolute atomic E-state index is 0.0472. The lowest BCUT2D eigenvalue weighted by molar-refractivity contribution is 1.48. The van der Waals surface area contributed by atoms with Crippen molar-refractivity contribution in [2.24, 2.45) is 0 Å². The Hall–Kier alpha value is -0.780. The second-order valence-electron chi connectivity index (χ2n) is 1.10. The number of hydrogen-bond acceptors (Lipinski definition) is 0. The summed E-state index contributed by atoms with van der Waals surface area (Å²) in [6, 6.07) is -1.71. The van der Waals surface area contributed by atoms with Crippen molar-refractivity contribution >= 4 is 0 Å². The van der Waals surface area contributed by atoms with Crippen molar-refractivity contribution in [1.82, 2.24) is 0 Å². The van der Waals surface area contributed by atoms with Gasteiger partial charge in [0.05, 0.1) is 6.85 Å². The van der Waals surface area contributed by atoms with Crippen molar-refractivity contribution in [3.8, 4) is 0 Å². The van der Waals surface area contributed by atoms with Crippen LogP contribution in [0.25, 0.3) is 0 Å². The summed E-state index contributed by atoms with van der Waals surface area (Å²) < 4.78 is 43.5. The summed E-state index contributed by atoms with van der Waals surface area (Å²) in [6.45, 7) is -0.296. The monoisotopic (exact) mass is 98.1 g/mol. The third kappa shape index (κ3) is 1.04. The summed E-state index contributed by atoms with van der Waals surface area (Å²) in [7, 11) is 0. The molecule has 36 valence electrons. The quantitative estimate of drug-likeness (QED) is 0.465. The zero-order valence-electron chi connectivity index (χ0n) is 9.71. The maximum absolute atomic E-state index is 7.34. The average molecular weight is 98.2 g/mol. The number of benzene rings is 1. The summed E-state index contributed by atoms with van der Waals surface area (Å²) in [5.41, 5.74) is 0.0472. The van der Waals surface area contributed by atoms with Gasteiger partial charge in [0.2, 0.25) is 0 Å². The van der Waals surface area contributed by atoms with E-state index in [1.807, 2.05) is 0 Å². The van der Waals surface area contributed by atoms with Crippen LogP contribution in [0.5, 0.6) is 0 Å². The van der Waals surface area contributed by atoms with Gasteiger partial charge in [0.15, 0.2) is 0 Å². The Morgan fingerprint density at radius 1 is 1.43 bits per heavy atom. The Bertz CT molecular complexity index is 316. The van der Waals surface area contributed by atoms with Gasteiger partial charge in [0.25, 0.3) is 0 Å². The first-order valence-corrected chi connectivity index (χ1v) is 1.85. The Kier molecular flexibility index (Phi) is 0.289. The highest BCUT2D eigenvalue weighted by Gasteiger charge is 1.72. The molecule has 0 nitrogen and oxygen atoms in total. The minimum Gasteiger partial charge on any atom is -0.0622 e. The molecule has 0 atom stereocenters. The van der Waals surface area contributed by atoms with E-state index in [1.54, 1.807) is 0 Å². The van der Waals surface area contributed by atoms with Gasteiger partial charge in [-0.2, -0.15) is 0 Å². The van der Waals surface area contributed by atoms with E-state index in [1.165, 1.54) is 0 Å². The maximum Gasteiger partial charge on any atom is 0.0625 e. The highest BCUT2D eigenvalue weighted by atomic mass is 13.8. The SMILES string of the molecule is [2H]Cc1c([2H])c([2H])c([2H])c([2H])c1[2H]. The topological polar surface area (TPSA) is 0 Å². The van der Waals surface area contributed by atoms with Crippen LogP contribution in [0.2, 0.25) is 0 Å². The lowest BCUT2D eigenvalue weighted by atomic mass is 10.2. The van der Waals surface area contributed by atoms with Crippen LogP contribution in [0.4, 0.5) is 0 Å². The fourth-order valence-corrected chi connectivity index (χ4v) is 0.276. The Balaban J connectivity index is 3.56. The Morgan fingerprint density at radius 3 is 2.71 bits per heavy atom. The molecule has 0 heterocycles. The molecular weight excluding hydrogens is 84.1 g/mol. The van der Waals surface area contributed by atoms with E-state index in [4.69, 9.17) is 8.22 Å². The van der Waals surface area contributed by atoms with Crippen molar-refractivity contribution < 1.29 is 8.22 Å². The van der Waals surface area contributed by atoms with Crippen LogP contribution >= 0.6 is 0 Å². The molecule has 1 rings (SSSR count). The predicted octanol–water partition coefficient (Wildman–Crippen LogP) is 2.00. The molecule has 0 heteroatoms. The smallest absolute Gasteiger partial charge is 0.0622 e. The van der Waals surface area contributed by atoms with Crippen molar-refractivity contribution in [2.75, 3.05) is 0 Å². The van der Waals surface area contributed by atoms with Crippen LogP contribution in [0.3, 0.4) is 0 Å². The van der Waals surface area contributed by atoms with Crippen molar-refractivity contribution in [3.05, 3.63) is 35.8 Å². The molecule has 0 N–H and O–H groups in total. The van der Waals surface area contributed by atoms with Crippen LogP contribution in [0.15, 0.2) is 30.2 Å². The number of rotatable bonds is 0. The van der Waals surface area contributed by atoms with Crippen molar-refractivity contribution in [3.63, 3.8) is 0 Å². The normalized spacial score (nSPS) is 20.6. The first-order chi connectivity index (χ1) is 6.00. The fourth-order valence-electron chi connectivity index (χ4n) is 0.276. The molecule has 1 aromatic rings. The van der Waals surface area contributed by atoms with E-state index < -0.39 is 6.04 Å². The molecular formula is C7H8. The summed E-state index contributed by atoms with van der Waals surface area (Å²) in [5, 5.41) is 0. The summed E-state index contributed by atoms with van der Waals surface area (Å²) in [5.74, 6) is 0. The third-order valence-electron chi connectivity index (χ3n) is 0.552. The van der Waals surface area contributed by atoms with Gasteiger partial charge < -0.3 is 0 Å². The van der Waals surface area contributed by atoms with Crippen LogP contribution in [-0.4, -0.2) is 0 Å². The van der Waals surface area contributed by atoms with Crippen molar-refractivity contribution in [2.45, 2.75) is 6.90 Å². The summed E-state index contributed by atoms with van der Waals surface area (Å²) in [4.78, 5) is 0. The predicted molar refractivity (Wildman–Crippen MR) is 31.2 cm³/mol. The summed E-state index contributed by atoms with van der Waals surface area (Å²) >= 11 is 0. The van der Waals surface area contributed by atoms with Crippen LogP contribution in [-0.2, 0) is 0 Å². The average Bonchev–Trinajstić information content (AvgIpc) is 2.13. The molecule has 0 unspecified atom stereocenters. The zero-order valence-corrected chi connectivity index (χ0v) is 3.71. The Morgan fingerprint density at radius 2 is 2.14 bits per heavy atom. The van der Waals surface area contributed by atoms with Gasteiger partial charge in [-0.25, -0.2) is 0 Å². The van der Waals surface area contributed by atoms with E-state index in [0.717, 1.165) is 0 Å². The third-order valence-corrected chi connectivity index (χ3v) is 0.552. The lowest BCUT2D eigenvalue weighted by Crippen LogP contribution is -1.62. The second-order valence-corrected chi connectivity index (χ2v) is 1.10. The molecule has 0 amide bonds. The molecule has 0 aliphatic rings. The molecule has 1 aromatic carbocycles. The van der Waals surface area contributed by atoms with Crippen LogP contribution in [0, 0.1) is 6.90 Å². The molecule has 0 fully saturated rings. The van der Waals surface area contributed by atoms with Gasteiger partial charge in [0, 0.05) is 1.37 Å². The first kappa shape index (κ1) is 1.13. The van der Waals surface area contributed by atoms with Gasteiger partial charge >= 0.3 is 0 Å². The zero-order chi connectivity index (χ0) is 10.2. The molecule has 0 saturated carbocycles. The van der Waals surface area contributed by atoms with E-state index in [-0.39, 0.29) is 36.6 Å². The molecule has 0 bridgehead atoms. The fraction of sp³-hybridized carbons (Fsp3) is 0.143. The van der Waals surface area contributed by atoms with Gasteiger partial charge in [-0.1, -0.05) is 35.8 Å². The van der Waals surface area contributed by atoms with E-state index >= 15 is 0 Å². The summed E-state index contributed by atoms with van der Waals surface area (Å²) in [6.07, 6.45) is 0. The second kappa shape index (κ2) is 1.78. The maximum atomic E-state index is 7.34. The molecule has 0 spiro atoms. The van der Waals surface area contributed by atoms with Gasteiger partial charge in [-0.15, -0.1) is 0 Å². The highest BCUT2D eigenvalue weighted by Crippen LogP contribution is 1.92. The number of hydrogen-bond donors (Lipinski definition) is 0. The molecule has 7 heavy (non-hydrogen) atoms. The van der Waals surface area contributed by atoms with Gasteiger partial charge in [-0.3, -0.25) is 0 Å². The largest absolute Gasteiger partial charge is 0.0625 e. The van der Waals surface area contributed by atoms with Crippen LogP contribution in [0.1, 0.15) is 13.8 Å². The molecule has 0 aromatic heterocycles. The molecule has 0 saturated heterocycles. The highest BCUT2D eigenvalue weighted by molar-refractivity contribution is 5.11. The molecule has 0 radical (unpaired) electrons. The van der Waals surface area contributed by atoms with Crippen molar-refractivity contribution in [1.29, 1.82) is 0 Å². The Labute approximate surface area is 52.2 Å². The molecule has 0 aliphatic heterocycles. The first-order valence-electron chi connectivity index (χ1n) is 5.06. The van der Waals surface area contributed by atoms with E-state index in [9.17, 15) is 0 Å². The molecule has 0 aliphatic carbocycles. The van der Waals surface area contributed by atoms with E-state index in [0.29, 0.717) is 0 Å². The lowest BCUT2D eigenvalue weighted by Gasteiger charge is -1.82.